The summed E-state index contributed by atoms with van der Waals surface area (Å²) < 4.78 is 4.39. The number of aryl methyl sites for hydroxylation is 2. The Hall–Kier alpha value is -2.22. The lowest BCUT2D eigenvalue weighted by atomic mass is 9.49. The van der Waals surface area contributed by atoms with Crippen molar-refractivity contribution < 1.29 is 4.79 Å². The molecule has 8 heteroatoms. The molecule has 3 aromatic heterocycles. The molecule has 1 N–H and O–H groups in total. The average molecular weight is 468 g/mol. The molecule has 0 aliphatic heterocycles. The summed E-state index contributed by atoms with van der Waals surface area (Å²) in [5.74, 6) is 4.26. The topological polar surface area (TPSA) is 81.3 Å². The van der Waals surface area contributed by atoms with Crippen molar-refractivity contribution in [2.24, 2.45) is 23.2 Å². The molecule has 33 heavy (non-hydrogen) atoms. The van der Waals surface area contributed by atoms with E-state index in [0.717, 1.165) is 53.2 Å². The lowest BCUT2D eigenvalue weighted by Gasteiger charge is -2.57. The van der Waals surface area contributed by atoms with Gasteiger partial charge in [0.15, 0.2) is 0 Å². The molecule has 3 heterocycles. The summed E-state index contributed by atoms with van der Waals surface area (Å²) in [6.07, 6.45) is 11.4. The first kappa shape index (κ1) is 21.3. The molecule has 7 rings (SSSR count). The molecule has 0 spiro atoms. The molecule has 4 saturated carbocycles. The third kappa shape index (κ3) is 3.70. The molecule has 4 bridgehead atoms. The maximum absolute atomic E-state index is 12.8. The lowest BCUT2D eigenvalue weighted by Crippen LogP contribution is -2.47. The van der Waals surface area contributed by atoms with Crippen LogP contribution < -0.4 is 10.9 Å². The first-order valence-corrected chi connectivity index (χ1v) is 13.5. The lowest BCUT2D eigenvalue weighted by molar-refractivity contribution is -0.121. The van der Waals surface area contributed by atoms with Crippen molar-refractivity contribution in [1.29, 1.82) is 0 Å². The Bertz CT molecular complexity index is 1220. The van der Waals surface area contributed by atoms with E-state index in [9.17, 15) is 9.59 Å². The molecule has 0 atom stereocenters. The van der Waals surface area contributed by atoms with Crippen molar-refractivity contribution in [2.45, 2.75) is 77.7 Å². The van der Waals surface area contributed by atoms with E-state index < -0.39 is 0 Å². The van der Waals surface area contributed by atoms with E-state index in [1.165, 1.54) is 49.9 Å². The summed E-state index contributed by atoms with van der Waals surface area (Å²) in [6, 6.07) is 1.95. The molecule has 4 aliphatic carbocycles. The van der Waals surface area contributed by atoms with Crippen LogP contribution in [0.15, 0.2) is 16.2 Å². The molecular formula is C25H33N5O2S. The third-order valence-electron chi connectivity index (χ3n) is 8.44. The van der Waals surface area contributed by atoms with E-state index in [1.54, 1.807) is 4.57 Å². The molecular weight excluding hydrogens is 434 g/mol. The molecule has 4 aliphatic rings. The van der Waals surface area contributed by atoms with Crippen molar-refractivity contribution in [3.05, 3.63) is 27.6 Å². The van der Waals surface area contributed by atoms with Crippen LogP contribution in [0.3, 0.4) is 0 Å². The first-order valence-electron chi connectivity index (χ1n) is 12.7. The molecule has 0 aromatic carbocycles. The van der Waals surface area contributed by atoms with E-state index in [4.69, 9.17) is 0 Å². The summed E-state index contributed by atoms with van der Waals surface area (Å²) in [4.78, 5) is 25.5. The van der Waals surface area contributed by atoms with Crippen molar-refractivity contribution in [1.82, 2.24) is 24.5 Å². The number of fused-ring (bicyclic) bond motifs is 3. The van der Waals surface area contributed by atoms with Crippen LogP contribution in [0.5, 0.6) is 0 Å². The third-order valence-corrected chi connectivity index (χ3v) is 9.34. The second-order valence-electron chi connectivity index (χ2n) is 10.9. The average Bonchev–Trinajstić information content (AvgIpc) is 3.41. The van der Waals surface area contributed by atoms with Gasteiger partial charge in [0.05, 0.1) is 5.52 Å². The second kappa shape index (κ2) is 8.22. The van der Waals surface area contributed by atoms with Gasteiger partial charge in [0.25, 0.3) is 5.56 Å². The number of thiophene rings is 1. The van der Waals surface area contributed by atoms with Crippen molar-refractivity contribution in [3.63, 3.8) is 0 Å². The molecule has 176 valence electrons. The van der Waals surface area contributed by atoms with Gasteiger partial charge in [0, 0.05) is 25.9 Å². The zero-order valence-corrected chi connectivity index (χ0v) is 20.2. The molecule has 3 aromatic rings. The minimum absolute atomic E-state index is 0.00396. The molecule has 1 amide bonds. The minimum atomic E-state index is -0.00396. The highest BCUT2D eigenvalue weighted by Crippen LogP contribution is 2.61. The first-order chi connectivity index (χ1) is 16.0. The van der Waals surface area contributed by atoms with Crippen molar-refractivity contribution in [3.8, 4) is 0 Å². The van der Waals surface area contributed by atoms with Gasteiger partial charge >= 0.3 is 0 Å². The van der Waals surface area contributed by atoms with Crippen LogP contribution in [-0.4, -0.2) is 31.6 Å². The fraction of sp³-hybridized carbons (Fsp3) is 0.680. The Kier molecular flexibility index (Phi) is 5.31. The predicted octanol–water partition coefficient (Wildman–Crippen LogP) is 4.17. The van der Waals surface area contributed by atoms with Gasteiger partial charge in [-0.15, -0.1) is 21.5 Å². The van der Waals surface area contributed by atoms with Crippen LogP contribution in [0.1, 0.15) is 70.5 Å². The molecule has 0 unspecified atom stereocenters. The van der Waals surface area contributed by atoms with E-state index in [1.807, 2.05) is 22.8 Å². The highest BCUT2D eigenvalue weighted by atomic mass is 32.1. The predicted molar refractivity (Wildman–Crippen MR) is 129 cm³/mol. The molecule has 0 radical (unpaired) electrons. The van der Waals surface area contributed by atoms with Gasteiger partial charge in [-0.1, -0.05) is 6.92 Å². The van der Waals surface area contributed by atoms with E-state index in [-0.39, 0.29) is 11.5 Å². The van der Waals surface area contributed by atoms with Gasteiger partial charge in [0.1, 0.15) is 10.5 Å². The Balaban J connectivity index is 1.11. The van der Waals surface area contributed by atoms with E-state index in [0.29, 0.717) is 30.6 Å². The second-order valence-corrected chi connectivity index (χ2v) is 11.8. The summed E-state index contributed by atoms with van der Waals surface area (Å²) in [6.45, 7) is 3.45. The van der Waals surface area contributed by atoms with Crippen LogP contribution in [0.25, 0.3) is 16.0 Å². The normalized spacial score (nSPS) is 28.2. The van der Waals surface area contributed by atoms with E-state index in [2.05, 4.69) is 15.5 Å². The maximum Gasteiger partial charge on any atom is 0.272 e. The highest BCUT2D eigenvalue weighted by Gasteiger charge is 2.50. The fourth-order valence-electron chi connectivity index (χ4n) is 7.54. The number of hydrogen-bond acceptors (Lipinski definition) is 5. The van der Waals surface area contributed by atoms with Crippen LogP contribution in [0.2, 0.25) is 0 Å². The Morgan fingerprint density at radius 1 is 1.18 bits per heavy atom. The van der Waals surface area contributed by atoms with Gasteiger partial charge in [-0.3, -0.25) is 18.6 Å². The van der Waals surface area contributed by atoms with Crippen LogP contribution >= 0.6 is 11.3 Å². The summed E-state index contributed by atoms with van der Waals surface area (Å²) in [5, 5.41) is 13.8. The standard InChI is InChI=1S/C25H33N5O2S/c1-2-8-29-23(32)22-19(5-9-33-22)30-20(27-28-24(29)30)3-4-21(31)26-7-6-25-13-16-10-17(14-25)12-18(11-16)15-25/h5,9,16-18H,2-4,6-8,10-15H2,1H3,(H,26,31). The highest BCUT2D eigenvalue weighted by molar-refractivity contribution is 7.17. The number of carbonyl (C=O) groups excluding carboxylic acids is 1. The van der Waals surface area contributed by atoms with Gasteiger partial charge < -0.3 is 5.32 Å². The fourth-order valence-corrected chi connectivity index (χ4v) is 8.37. The number of aromatic nitrogens is 4. The minimum Gasteiger partial charge on any atom is -0.356 e. The number of amides is 1. The summed E-state index contributed by atoms with van der Waals surface area (Å²) >= 11 is 1.45. The molecule has 0 saturated heterocycles. The monoisotopic (exact) mass is 467 g/mol. The summed E-state index contributed by atoms with van der Waals surface area (Å²) in [7, 11) is 0. The van der Waals surface area contributed by atoms with Crippen molar-refractivity contribution in [2.75, 3.05) is 6.54 Å². The van der Waals surface area contributed by atoms with Gasteiger partial charge in [-0.25, -0.2) is 0 Å². The van der Waals surface area contributed by atoms with Crippen LogP contribution in [0.4, 0.5) is 0 Å². The number of rotatable bonds is 8. The van der Waals surface area contributed by atoms with Gasteiger partial charge in [-0.05, 0) is 86.0 Å². The SMILES string of the molecule is CCCn1c(=O)c2sccc2n2c(CCC(=O)NCCC34CC5CC(CC(C5)C3)C4)nnc12. The maximum atomic E-state index is 12.8. The largest absolute Gasteiger partial charge is 0.356 e. The van der Waals surface area contributed by atoms with Gasteiger partial charge in [-0.2, -0.15) is 0 Å². The Labute approximate surface area is 197 Å². The smallest absolute Gasteiger partial charge is 0.272 e. The molecule has 7 nitrogen and oxygen atoms in total. The number of nitrogens with zero attached hydrogens (tertiary/aromatic N) is 4. The quantitative estimate of drug-likeness (QED) is 0.539. The summed E-state index contributed by atoms with van der Waals surface area (Å²) in [5.41, 5.74) is 1.34. The van der Waals surface area contributed by atoms with Crippen molar-refractivity contribution >= 4 is 33.2 Å². The number of nitrogens with one attached hydrogen (secondary N) is 1. The van der Waals surface area contributed by atoms with Crippen LogP contribution in [-0.2, 0) is 17.8 Å². The van der Waals surface area contributed by atoms with E-state index >= 15 is 0 Å². The van der Waals surface area contributed by atoms with Gasteiger partial charge in [0.2, 0.25) is 11.7 Å². The zero-order valence-electron chi connectivity index (χ0n) is 19.4. The Morgan fingerprint density at radius 2 is 1.91 bits per heavy atom. The number of hydrogen-bond donors (Lipinski definition) is 1. The van der Waals surface area contributed by atoms with Crippen LogP contribution in [0, 0.1) is 23.2 Å². The zero-order chi connectivity index (χ0) is 22.6. The Morgan fingerprint density at radius 3 is 2.61 bits per heavy atom. The number of carbonyl (C=O) groups is 1. The molecule has 4 fully saturated rings.